The maximum Gasteiger partial charge on any atom is 0.347 e. The molecule has 0 fully saturated rings. The zero-order valence-electron chi connectivity index (χ0n) is 19.7. The van der Waals surface area contributed by atoms with Gasteiger partial charge in [0.2, 0.25) is 0 Å². The molecule has 7 heteroatoms. The van der Waals surface area contributed by atoms with Gasteiger partial charge in [-0.1, -0.05) is 19.4 Å². The van der Waals surface area contributed by atoms with Crippen molar-refractivity contribution in [2.24, 2.45) is 0 Å². The van der Waals surface area contributed by atoms with Crippen LogP contribution < -0.4 is 9.47 Å². The number of benzene rings is 2. The van der Waals surface area contributed by atoms with Gasteiger partial charge in [-0.3, -0.25) is 0 Å². The Balaban J connectivity index is 1.45. The molecule has 2 heterocycles. The van der Waals surface area contributed by atoms with Gasteiger partial charge in [-0.15, -0.1) is 0 Å². The highest BCUT2D eigenvalue weighted by molar-refractivity contribution is 5.90. The van der Waals surface area contributed by atoms with Crippen molar-refractivity contribution in [3.05, 3.63) is 59.9 Å². The van der Waals surface area contributed by atoms with E-state index in [4.69, 9.17) is 9.47 Å². The van der Waals surface area contributed by atoms with Gasteiger partial charge in [-0.2, -0.15) is 5.26 Å². The zero-order chi connectivity index (χ0) is 24.3. The van der Waals surface area contributed by atoms with Gasteiger partial charge in [0.1, 0.15) is 17.6 Å². The summed E-state index contributed by atoms with van der Waals surface area (Å²) in [7, 11) is 0. The Labute approximate surface area is 198 Å². The van der Waals surface area contributed by atoms with Crippen LogP contribution in [0.3, 0.4) is 0 Å². The first-order valence-corrected chi connectivity index (χ1v) is 11.5. The number of fused-ring (bicyclic) bond motifs is 2. The summed E-state index contributed by atoms with van der Waals surface area (Å²) in [5, 5.41) is 20.5. The summed E-state index contributed by atoms with van der Waals surface area (Å²) in [5.41, 5.74) is 2.41. The SMILES string of the molecule is CCCc1c(OCCCn2ccc3c(OC(C)(C)C(=O)O)cccc32)ccc2c(C#N)c[nH]c12. The summed E-state index contributed by atoms with van der Waals surface area (Å²) in [6.07, 6.45) is 6.39. The summed E-state index contributed by atoms with van der Waals surface area (Å²) >= 11 is 0. The van der Waals surface area contributed by atoms with Crippen molar-refractivity contribution in [1.82, 2.24) is 9.55 Å². The third kappa shape index (κ3) is 4.44. The largest absolute Gasteiger partial charge is 0.493 e. The van der Waals surface area contributed by atoms with Crippen LogP contribution in [0, 0.1) is 11.3 Å². The molecule has 0 saturated heterocycles. The molecule has 34 heavy (non-hydrogen) atoms. The average molecular weight is 460 g/mol. The lowest BCUT2D eigenvalue weighted by molar-refractivity contribution is -0.152. The van der Waals surface area contributed by atoms with Crippen molar-refractivity contribution in [2.75, 3.05) is 6.61 Å². The van der Waals surface area contributed by atoms with Crippen molar-refractivity contribution in [1.29, 1.82) is 5.26 Å². The van der Waals surface area contributed by atoms with Gasteiger partial charge in [0.25, 0.3) is 0 Å². The fraction of sp³-hybridized carbons (Fsp3) is 0.333. The van der Waals surface area contributed by atoms with Crippen molar-refractivity contribution in [2.45, 2.75) is 52.2 Å². The number of nitriles is 1. The first-order chi connectivity index (χ1) is 16.4. The quantitative estimate of drug-likeness (QED) is 0.298. The minimum Gasteiger partial charge on any atom is -0.493 e. The van der Waals surface area contributed by atoms with Crippen LogP contribution in [0.1, 0.15) is 44.7 Å². The molecule has 2 aromatic heterocycles. The Morgan fingerprint density at radius 3 is 2.74 bits per heavy atom. The molecule has 0 aliphatic carbocycles. The fourth-order valence-corrected chi connectivity index (χ4v) is 4.18. The number of aryl methyl sites for hydroxylation is 2. The second-order valence-corrected chi connectivity index (χ2v) is 8.85. The number of rotatable bonds is 10. The van der Waals surface area contributed by atoms with E-state index in [1.807, 2.05) is 36.5 Å². The second-order valence-electron chi connectivity index (χ2n) is 8.85. The lowest BCUT2D eigenvalue weighted by atomic mass is 10.0. The van der Waals surface area contributed by atoms with Gasteiger partial charge in [-0.05, 0) is 57.0 Å². The van der Waals surface area contributed by atoms with Crippen molar-refractivity contribution in [3.63, 3.8) is 0 Å². The maximum absolute atomic E-state index is 11.5. The number of carboxylic acid groups (broad SMARTS) is 1. The van der Waals surface area contributed by atoms with Gasteiger partial charge in [-0.25, -0.2) is 4.79 Å². The predicted octanol–water partition coefficient (Wildman–Crippen LogP) is 5.66. The molecule has 0 bridgehead atoms. The first-order valence-electron chi connectivity index (χ1n) is 11.5. The highest BCUT2D eigenvalue weighted by Gasteiger charge is 2.30. The molecule has 0 saturated carbocycles. The molecule has 4 aromatic rings. The van der Waals surface area contributed by atoms with E-state index >= 15 is 0 Å². The zero-order valence-corrected chi connectivity index (χ0v) is 19.7. The van der Waals surface area contributed by atoms with Crippen LogP contribution >= 0.6 is 0 Å². The summed E-state index contributed by atoms with van der Waals surface area (Å²) < 4.78 is 14.1. The maximum atomic E-state index is 11.5. The molecule has 0 radical (unpaired) electrons. The van der Waals surface area contributed by atoms with Crippen LogP contribution in [-0.2, 0) is 17.8 Å². The van der Waals surface area contributed by atoms with Crippen LogP contribution in [0.15, 0.2) is 48.8 Å². The smallest absolute Gasteiger partial charge is 0.347 e. The molecular formula is C27H29N3O4. The van der Waals surface area contributed by atoms with E-state index < -0.39 is 11.6 Å². The summed E-state index contributed by atoms with van der Waals surface area (Å²) in [6, 6.07) is 13.8. The fourth-order valence-electron chi connectivity index (χ4n) is 4.18. The van der Waals surface area contributed by atoms with Crippen molar-refractivity contribution < 1.29 is 19.4 Å². The number of H-pyrrole nitrogens is 1. The Morgan fingerprint density at radius 1 is 1.18 bits per heavy atom. The molecule has 7 nitrogen and oxygen atoms in total. The van der Waals surface area contributed by atoms with Gasteiger partial charge >= 0.3 is 5.97 Å². The van der Waals surface area contributed by atoms with E-state index in [-0.39, 0.29) is 0 Å². The second kappa shape index (κ2) is 9.52. The number of aliphatic carboxylic acids is 1. The molecular weight excluding hydrogens is 430 g/mol. The molecule has 2 N–H and O–H groups in total. The number of hydrogen-bond donors (Lipinski definition) is 2. The number of hydrogen-bond acceptors (Lipinski definition) is 4. The molecule has 0 aliphatic rings. The minimum absolute atomic E-state index is 0.552. The highest BCUT2D eigenvalue weighted by atomic mass is 16.5. The number of aromatic amines is 1. The van der Waals surface area contributed by atoms with E-state index in [0.29, 0.717) is 17.9 Å². The van der Waals surface area contributed by atoms with Gasteiger partial charge in [0, 0.05) is 35.3 Å². The van der Waals surface area contributed by atoms with Gasteiger partial charge < -0.3 is 24.1 Å². The van der Waals surface area contributed by atoms with Crippen LogP contribution in [0.2, 0.25) is 0 Å². The Morgan fingerprint density at radius 2 is 2.00 bits per heavy atom. The number of carboxylic acids is 1. The van der Waals surface area contributed by atoms with Crippen LogP contribution in [0.5, 0.6) is 11.5 Å². The van der Waals surface area contributed by atoms with E-state index in [1.54, 1.807) is 26.1 Å². The van der Waals surface area contributed by atoms with Gasteiger partial charge in [0.15, 0.2) is 5.60 Å². The molecule has 0 amide bonds. The number of ether oxygens (including phenoxy) is 2. The highest BCUT2D eigenvalue weighted by Crippen LogP contribution is 2.32. The van der Waals surface area contributed by atoms with E-state index in [9.17, 15) is 15.2 Å². The molecule has 4 rings (SSSR count). The normalized spacial score (nSPS) is 11.6. The topological polar surface area (TPSA) is 100 Å². The number of carbonyl (C=O) groups is 1. The Hall–Kier alpha value is -3.92. The third-order valence-electron chi connectivity index (χ3n) is 6.00. The van der Waals surface area contributed by atoms with Crippen molar-refractivity contribution >= 4 is 27.8 Å². The standard InChI is InChI=1S/C27H29N3O4/c1-4-7-21-23(11-10-19-18(16-28)17-29-25(19)21)33-15-6-13-30-14-12-20-22(30)8-5-9-24(20)34-27(2,3)26(31)32/h5,8-12,14,17,29H,4,6-7,13,15H2,1-3H3,(H,31,32). The first kappa shape index (κ1) is 23.2. The summed E-state index contributed by atoms with van der Waals surface area (Å²) in [6.45, 7) is 6.52. The number of nitrogens with zero attached hydrogens (tertiary/aromatic N) is 2. The number of aromatic nitrogens is 2. The van der Waals surface area contributed by atoms with Gasteiger partial charge in [0.05, 0.1) is 23.2 Å². The Kier molecular flexibility index (Phi) is 6.51. The summed E-state index contributed by atoms with van der Waals surface area (Å²) in [4.78, 5) is 14.7. The van der Waals surface area contributed by atoms with E-state index in [2.05, 4.69) is 22.5 Å². The average Bonchev–Trinajstić information content (AvgIpc) is 3.42. The lowest BCUT2D eigenvalue weighted by Gasteiger charge is -2.22. The minimum atomic E-state index is -1.31. The van der Waals surface area contributed by atoms with Crippen LogP contribution in [0.25, 0.3) is 21.8 Å². The summed E-state index contributed by atoms with van der Waals surface area (Å²) in [5.74, 6) is 0.398. The van der Waals surface area contributed by atoms with Crippen LogP contribution in [0.4, 0.5) is 0 Å². The molecule has 0 aliphatic heterocycles. The third-order valence-corrected chi connectivity index (χ3v) is 6.00. The molecule has 0 spiro atoms. The van der Waals surface area contributed by atoms with Crippen molar-refractivity contribution in [3.8, 4) is 17.6 Å². The molecule has 176 valence electrons. The lowest BCUT2D eigenvalue weighted by Crippen LogP contribution is -2.37. The molecule has 0 unspecified atom stereocenters. The predicted molar refractivity (Wildman–Crippen MR) is 131 cm³/mol. The monoisotopic (exact) mass is 459 g/mol. The van der Waals surface area contributed by atoms with E-state index in [0.717, 1.165) is 58.9 Å². The number of nitrogens with one attached hydrogen (secondary N) is 1. The molecule has 2 aromatic carbocycles. The van der Waals surface area contributed by atoms with Crippen LogP contribution in [-0.4, -0.2) is 32.8 Å². The Bertz CT molecular complexity index is 1370. The molecule has 0 atom stereocenters. The van der Waals surface area contributed by atoms with E-state index in [1.165, 1.54) is 0 Å².